The molecule has 21 heavy (non-hydrogen) atoms. The predicted molar refractivity (Wildman–Crippen MR) is 88.6 cm³/mol. The fourth-order valence-corrected chi connectivity index (χ4v) is 2.57. The van der Waals surface area contributed by atoms with E-state index in [0.29, 0.717) is 5.56 Å². The van der Waals surface area contributed by atoms with Crippen LogP contribution < -0.4 is 5.32 Å². The zero-order valence-corrected chi connectivity index (χ0v) is 14.5. The van der Waals surface area contributed by atoms with Gasteiger partial charge in [0.15, 0.2) is 5.78 Å². The molecular formula is C16H25NO3S. The zero-order chi connectivity index (χ0) is 16.3. The number of hydrogen-bond acceptors (Lipinski definition) is 3. The predicted octanol–water partition coefficient (Wildman–Crippen LogP) is 3.45. The molecular weight excluding hydrogens is 286 g/mol. The molecule has 0 saturated heterocycles. The van der Waals surface area contributed by atoms with Crippen molar-refractivity contribution in [2.45, 2.75) is 31.3 Å². The maximum absolute atomic E-state index is 12.0. The van der Waals surface area contributed by atoms with E-state index in [1.165, 1.54) is 4.90 Å². The van der Waals surface area contributed by atoms with Crippen molar-refractivity contribution >= 4 is 21.9 Å². The Labute approximate surface area is 128 Å². The van der Waals surface area contributed by atoms with Crippen LogP contribution in [0.2, 0.25) is 0 Å². The Hall–Kier alpha value is -1.49. The van der Waals surface area contributed by atoms with Gasteiger partial charge < -0.3 is 10.1 Å². The highest BCUT2D eigenvalue weighted by molar-refractivity contribution is 8.32. The van der Waals surface area contributed by atoms with Gasteiger partial charge in [-0.2, -0.15) is 0 Å². The van der Waals surface area contributed by atoms with E-state index in [0.717, 1.165) is 0 Å². The summed E-state index contributed by atoms with van der Waals surface area (Å²) in [6, 6.07) is 7.59. The topological polar surface area (TPSA) is 55.4 Å². The molecule has 118 valence electrons. The van der Waals surface area contributed by atoms with E-state index >= 15 is 0 Å². The van der Waals surface area contributed by atoms with Gasteiger partial charge in [0.25, 0.3) is 0 Å². The molecule has 0 heterocycles. The van der Waals surface area contributed by atoms with Gasteiger partial charge >= 0.3 is 6.09 Å². The Morgan fingerprint density at radius 1 is 1.10 bits per heavy atom. The summed E-state index contributed by atoms with van der Waals surface area (Å²) in [5.74, 6) is -0.128. The minimum Gasteiger partial charge on any atom is -0.444 e. The third kappa shape index (κ3) is 6.21. The van der Waals surface area contributed by atoms with E-state index in [4.69, 9.17) is 4.74 Å². The SMILES string of the molecule is CC(C)(C)OC(=O)NCC(=O)c1ccc(S(C)(C)C)cc1. The third-order valence-corrected chi connectivity index (χ3v) is 4.36. The summed E-state index contributed by atoms with van der Waals surface area (Å²) in [5, 5.41) is 2.48. The maximum Gasteiger partial charge on any atom is 0.408 e. The lowest BCUT2D eigenvalue weighted by Gasteiger charge is -2.25. The Morgan fingerprint density at radius 3 is 2.05 bits per heavy atom. The molecule has 0 atom stereocenters. The van der Waals surface area contributed by atoms with Crippen LogP contribution in [0.25, 0.3) is 0 Å². The molecule has 0 aliphatic heterocycles. The number of hydrogen-bond donors (Lipinski definition) is 1. The van der Waals surface area contributed by atoms with Crippen molar-refractivity contribution in [1.29, 1.82) is 0 Å². The average molecular weight is 311 g/mol. The smallest absolute Gasteiger partial charge is 0.408 e. The number of carbonyl (C=O) groups excluding carboxylic acids is 2. The number of carbonyl (C=O) groups is 2. The van der Waals surface area contributed by atoms with Crippen LogP contribution in [0.15, 0.2) is 29.2 Å². The molecule has 1 rings (SSSR count). The van der Waals surface area contributed by atoms with Crippen LogP contribution in [-0.4, -0.2) is 42.8 Å². The minimum atomic E-state index is -0.792. The number of ether oxygens (including phenoxy) is 1. The van der Waals surface area contributed by atoms with Gasteiger partial charge in [0, 0.05) is 5.56 Å². The van der Waals surface area contributed by atoms with Crippen molar-refractivity contribution in [2.75, 3.05) is 25.3 Å². The van der Waals surface area contributed by atoms with Crippen LogP contribution in [0.5, 0.6) is 0 Å². The lowest BCUT2D eigenvalue weighted by Crippen LogP contribution is -2.35. The van der Waals surface area contributed by atoms with E-state index in [2.05, 4.69) is 24.1 Å². The van der Waals surface area contributed by atoms with Gasteiger partial charge in [-0.1, -0.05) is 12.1 Å². The Morgan fingerprint density at radius 2 is 1.62 bits per heavy atom. The molecule has 1 aromatic carbocycles. The molecule has 0 saturated carbocycles. The van der Waals surface area contributed by atoms with Crippen molar-refractivity contribution in [2.24, 2.45) is 0 Å². The van der Waals surface area contributed by atoms with Gasteiger partial charge in [0.1, 0.15) is 5.60 Å². The van der Waals surface area contributed by atoms with Gasteiger partial charge in [-0.3, -0.25) is 4.79 Å². The summed E-state index contributed by atoms with van der Waals surface area (Å²) < 4.78 is 5.09. The second-order valence-electron chi connectivity index (χ2n) is 6.64. The molecule has 1 N–H and O–H groups in total. The van der Waals surface area contributed by atoms with Crippen molar-refractivity contribution in [1.82, 2.24) is 5.32 Å². The second kappa shape index (κ2) is 6.52. The number of Topliss-reactive ketones (excluding diaryl/α,β-unsaturated/α-hetero) is 1. The summed E-state index contributed by atoms with van der Waals surface area (Å²) in [6.07, 6.45) is 6.03. The van der Waals surface area contributed by atoms with E-state index in [-0.39, 0.29) is 12.3 Å². The number of rotatable bonds is 4. The number of ketones is 1. The van der Waals surface area contributed by atoms with E-state index < -0.39 is 21.7 Å². The van der Waals surface area contributed by atoms with E-state index in [1.54, 1.807) is 20.8 Å². The molecule has 0 aliphatic carbocycles. The lowest BCUT2D eigenvalue weighted by atomic mass is 10.1. The summed E-state index contributed by atoms with van der Waals surface area (Å²) in [6.45, 7) is 5.28. The van der Waals surface area contributed by atoms with Gasteiger partial charge in [-0.15, -0.1) is 0 Å². The standard InChI is InChI=1S/C16H25NO3S/c1-16(2,3)20-15(19)17-11-14(18)12-7-9-13(10-8-12)21(4,5)6/h7-10H,11H2,1-6H3,(H,17,19). The summed E-state index contributed by atoms with van der Waals surface area (Å²) in [4.78, 5) is 24.8. The third-order valence-electron chi connectivity index (χ3n) is 2.68. The number of alkyl carbamates (subject to hydrolysis) is 1. The first kappa shape index (κ1) is 17.6. The molecule has 0 radical (unpaired) electrons. The van der Waals surface area contributed by atoms with E-state index in [9.17, 15) is 9.59 Å². The second-order valence-corrected chi connectivity index (χ2v) is 10.8. The van der Waals surface area contributed by atoms with Crippen LogP contribution in [0.3, 0.4) is 0 Å². The fraction of sp³-hybridized carbons (Fsp3) is 0.500. The Balaban J connectivity index is 2.59. The molecule has 5 heteroatoms. The number of amides is 1. The van der Waals surface area contributed by atoms with Gasteiger partial charge in [-0.25, -0.2) is 14.8 Å². The van der Waals surface area contributed by atoms with E-state index in [1.807, 2.05) is 24.3 Å². The highest BCUT2D eigenvalue weighted by Crippen LogP contribution is 2.44. The van der Waals surface area contributed by atoms with Gasteiger partial charge in [-0.05, 0) is 56.6 Å². The molecule has 0 fully saturated rings. The Bertz CT molecular complexity index is 510. The number of nitrogens with one attached hydrogen (secondary N) is 1. The van der Waals surface area contributed by atoms with Crippen LogP contribution >= 0.6 is 10.0 Å². The molecule has 0 aromatic heterocycles. The van der Waals surface area contributed by atoms with Crippen molar-refractivity contribution < 1.29 is 14.3 Å². The molecule has 0 aliphatic rings. The normalized spacial score (nSPS) is 12.7. The maximum atomic E-state index is 12.0. The minimum absolute atomic E-state index is 0.0589. The summed E-state index contributed by atoms with van der Waals surface area (Å²) in [7, 11) is -0.792. The lowest BCUT2D eigenvalue weighted by molar-refractivity contribution is 0.0520. The van der Waals surface area contributed by atoms with Crippen molar-refractivity contribution in [3.63, 3.8) is 0 Å². The molecule has 1 aromatic rings. The fourth-order valence-electron chi connectivity index (χ4n) is 1.62. The van der Waals surface area contributed by atoms with Crippen LogP contribution in [0, 0.1) is 0 Å². The molecule has 4 nitrogen and oxygen atoms in total. The average Bonchev–Trinajstić information content (AvgIpc) is 2.33. The quantitative estimate of drug-likeness (QED) is 0.867. The molecule has 0 spiro atoms. The van der Waals surface area contributed by atoms with Crippen molar-refractivity contribution in [3.05, 3.63) is 29.8 Å². The monoisotopic (exact) mass is 311 g/mol. The summed E-state index contributed by atoms with van der Waals surface area (Å²) >= 11 is 0. The van der Waals surface area contributed by atoms with Gasteiger partial charge in [0.2, 0.25) is 0 Å². The van der Waals surface area contributed by atoms with Crippen LogP contribution in [0.1, 0.15) is 31.1 Å². The van der Waals surface area contributed by atoms with Crippen molar-refractivity contribution in [3.8, 4) is 0 Å². The molecule has 1 amide bonds. The van der Waals surface area contributed by atoms with Gasteiger partial charge in [0.05, 0.1) is 6.54 Å². The highest BCUT2D eigenvalue weighted by atomic mass is 32.3. The van der Waals surface area contributed by atoms with Crippen LogP contribution in [-0.2, 0) is 4.74 Å². The number of benzene rings is 1. The zero-order valence-electron chi connectivity index (χ0n) is 13.6. The largest absolute Gasteiger partial charge is 0.444 e. The Kier molecular flexibility index (Phi) is 5.45. The molecule has 0 bridgehead atoms. The molecule has 0 unspecified atom stereocenters. The first-order chi connectivity index (χ1) is 9.49. The first-order valence-electron chi connectivity index (χ1n) is 6.77. The highest BCUT2D eigenvalue weighted by Gasteiger charge is 2.17. The summed E-state index contributed by atoms with van der Waals surface area (Å²) in [5.41, 5.74) is 0.0306. The van der Waals surface area contributed by atoms with Crippen LogP contribution in [0.4, 0.5) is 4.79 Å². The first-order valence-corrected chi connectivity index (χ1v) is 9.63.